The van der Waals surface area contributed by atoms with Gasteiger partial charge in [0.05, 0.1) is 12.0 Å². The van der Waals surface area contributed by atoms with Gasteiger partial charge in [0.1, 0.15) is 0 Å². The lowest BCUT2D eigenvalue weighted by atomic mass is 9.90. The number of thiophene rings is 1. The van der Waals surface area contributed by atoms with Crippen molar-refractivity contribution in [3.8, 4) is 0 Å². The summed E-state index contributed by atoms with van der Waals surface area (Å²) in [5.41, 5.74) is 2.04. The van der Waals surface area contributed by atoms with Crippen molar-refractivity contribution in [1.82, 2.24) is 15.1 Å². The number of rotatable bonds is 7. The minimum absolute atomic E-state index is 0.0584. The third-order valence-corrected chi connectivity index (χ3v) is 6.82. The maximum absolute atomic E-state index is 13.4. The Bertz CT molecular complexity index is 867. The van der Waals surface area contributed by atoms with Crippen LogP contribution < -0.4 is 5.32 Å². The molecule has 2 heterocycles. The molecule has 5 heteroatoms. The van der Waals surface area contributed by atoms with E-state index in [2.05, 4.69) is 39.7 Å². The van der Waals surface area contributed by atoms with Crippen LogP contribution in [-0.2, 0) is 4.79 Å². The molecule has 1 saturated heterocycles. The van der Waals surface area contributed by atoms with Crippen molar-refractivity contribution in [3.63, 3.8) is 0 Å². The molecule has 0 radical (unpaired) electrons. The number of carbonyl (C=O) groups is 1. The van der Waals surface area contributed by atoms with Gasteiger partial charge in [-0.25, -0.2) is 0 Å². The topological polar surface area (TPSA) is 35.6 Å². The normalized spacial score (nSPS) is 16.5. The largest absolute Gasteiger partial charge is 0.353 e. The van der Waals surface area contributed by atoms with Gasteiger partial charge >= 0.3 is 0 Å². The number of benzene rings is 2. The molecule has 1 fully saturated rings. The van der Waals surface area contributed by atoms with Gasteiger partial charge in [-0.2, -0.15) is 0 Å². The Kier molecular flexibility index (Phi) is 6.95. The fourth-order valence-electron chi connectivity index (χ4n) is 4.11. The fourth-order valence-corrected chi connectivity index (χ4v) is 4.97. The van der Waals surface area contributed by atoms with Crippen LogP contribution in [0.3, 0.4) is 0 Å². The molecular weight excluding hydrogens is 390 g/mol. The molecule has 156 valence electrons. The minimum Gasteiger partial charge on any atom is -0.353 e. The zero-order chi connectivity index (χ0) is 20.8. The summed E-state index contributed by atoms with van der Waals surface area (Å²) in [4.78, 5) is 19.6. The highest BCUT2D eigenvalue weighted by molar-refractivity contribution is 7.10. The predicted octanol–water partition coefficient (Wildman–Crippen LogP) is 3.98. The molecule has 3 aromatic rings. The molecule has 0 bridgehead atoms. The first-order valence-corrected chi connectivity index (χ1v) is 11.4. The Balaban J connectivity index is 1.52. The van der Waals surface area contributed by atoms with Crippen molar-refractivity contribution in [2.75, 3.05) is 39.8 Å². The highest BCUT2D eigenvalue weighted by Crippen LogP contribution is 2.28. The average molecular weight is 420 g/mol. The van der Waals surface area contributed by atoms with Crippen molar-refractivity contribution in [2.45, 2.75) is 12.0 Å². The summed E-state index contributed by atoms with van der Waals surface area (Å²) in [7, 11) is 2.17. The van der Waals surface area contributed by atoms with Gasteiger partial charge in [0.15, 0.2) is 0 Å². The molecule has 30 heavy (non-hydrogen) atoms. The van der Waals surface area contributed by atoms with Crippen LogP contribution in [-0.4, -0.2) is 55.5 Å². The summed E-state index contributed by atoms with van der Waals surface area (Å²) >= 11 is 1.77. The lowest BCUT2D eigenvalue weighted by Crippen LogP contribution is -2.48. The second-order valence-electron chi connectivity index (χ2n) is 7.87. The number of piperazine rings is 1. The molecule has 0 spiro atoms. The second-order valence-corrected chi connectivity index (χ2v) is 8.85. The van der Waals surface area contributed by atoms with Crippen LogP contribution in [0.1, 0.15) is 28.0 Å². The Labute approximate surface area is 183 Å². The fraction of sp³-hybridized carbons (Fsp3) is 0.320. The Morgan fingerprint density at radius 2 is 1.50 bits per heavy atom. The number of likely N-dealkylation sites (N-methyl/N-ethyl adjacent to an activating group) is 1. The van der Waals surface area contributed by atoms with Gasteiger partial charge < -0.3 is 10.2 Å². The summed E-state index contributed by atoms with van der Waals surface area (Å²) in [6.45, 7) is 4.80. The highest BCUT2D eigenvalue weighted by Gasteiger charge is 2.27. The van der Waals surface area contributed by atoms with Gasteiger partial charge in [0, 0.05) is 37.6 Å². The van der Waals surface area contributed by atoms with E-state index in [1.165, 1.54) is 4.88 Å². The van der Waals surface area contributed by atoms with Crippen molar-refractivity contribution >= 4 is 17.2 Å². The summed E-state index contributed by atoms with van der Waals surface area (Å²) < 4.78 is 0. The number of nitrogens with one attached hydrogen (secondary N) is 1. The van der Waals surface area contributed by atoms with E-state index < -0.39 is 0 Å². The number of amides is 1. The van der Waals surface area contributed by atoms with Gasteiger partial charge in [-0.05, 0) is 29.6 Å². The Morgan fingerprint density at radius 1 is 0.900 bits per heavy atom. The maximum Gasteiger partial charge on any atom is 0.232 e. The van der Waals surface area contributed by atoms with Gasteiger partial charge in [-0.1, -0.05) is 66.7 Å². The highest BCUT2D eigenvalue weighted by atomic mass is 32.1. The van der Waals surface area contributed by atoms with Crippen LogP contribution in [0, 0.1) is 0 Å². The molecule has 1 aromatic heterocycles. The quantitative estimate of drug-likeness (QED) is 0.629. The van der Waals surface area contributed by atoms with E-state index in [1.54, 1.807) is 11.3 Å². The average Bonchev–Trinajstić information content (AvgIpc) is 3.31. The van der Waals surface area contributed by atoms with Crippen LogP contribution >= 0.6 is 11.3 Å². The molecule has 1 aliphatic heterocycles. The van der Waals surface area contributed by atoms with Gasteiger partial charge in [0.25, 0.3) is 0 Å². The zero-order valence-corrected chi connectivity index (χ0v) is 18.2. The molecule has 0 saturated carbocycles. The zero-order valence-electron chi connectivity index (χ0n) is 17.4. The summed E-state index contributed by atoms with van der Waals surface area (Å²) in [5.74, 6) is -0.244. The second kappa shape index (κ2) is 10.0. The molecule has 1 unspecified atom stereocenters. The van der Waals surface area contributed by atoms with Crippen molar-refractivity contribution < 1.29 is 4.79 Å². The monoisotopic (exact) mass is 419 g/mol. The first-order chi connectivity index (χ1) is 14.7. The van der Waals surface area contributed by atoms with Crippen LogP contribution in [0.2, 0.25) is 0 Å². The predicted molar refractivity (Wildman–Crippen MR) is 124 cm³/mol. The van der Waals surface area contributed by atoms with E-state index in [1.807, 2.05) is 60.7 Å². The van der Waals surface area contributed by atoms with Gasteiger partial charge in [0.2, 0.25) is 5.91 Å². The lowest BCUT2D eigenvalue weighted by molar-refractivity contribution is -0.122. The smallest absolute Gasteiger partial charge is 0.232 e. The summed E-state index contributed by atoms with van der Waals surface area (Å²) in [6, 6.07) is 24.6. The van der Waals surface area contributed by atoms with E-state index in [0.717, 1.165) is 37.3 Å². The number of carbonyl (C=O) groups excluding carboxylic acids is 1. The van der Waals surface area contributed by atoms with Crippen molar-refractivity contribution in [3.05, 3.63) is 94.2 Å². The van der Waals surface area contributed by atoms with Gasteiger partial charge in [-0.15, -0.1) is 11.3 Å². The van der Waals surface area contributed by atoms with E-state index >= 15 is 0 Å². The molecule has 1 amide bonds. The Hall–Kier alpha value is -2.47. The molecular formula is C25H29N3OS. The van der Waals surface area contributed by atoms with Crippen molar-refractivity contribution in [2.24, 2.45) is 0 Å². The molecule has 2 aromatic carbocycles. The third kappa shape index (κ3) is 4.98. The first-order valence-electron chi connectivity index (χ1n) is 10.6. The van der Waals surface area contributed by atoms with E-state index in [0.29, 0.717) is 6.54 Å². The Morgan fingerprint density at radius 3 is 2.03 bits per heavy atom. The van der Waals surface area contributed by atoms with E-state index in [-0.39, 0.29) is 17.9 Å². The van der Waals surface area contributed by atoms with Crippen LogP contribution in [0.5, 0.6) is 0 Å². The molecule has 4 nitrogen and oxygen atoms in total. The minimum atomic E-state index is -0.302. The SMILES string of the molecule is CN1CCN(C(CNC(=O)C(c2ccccc2)c2ccccc2)c2cccs2)CC1. The summed E-state index contributed by atoms with van der Waals surface area (Å²) in [6.07, 6.45) is 0. The maximum atomic E-state index is 13.4. The van der Waals surface area contributed by atoms with Crippen LogP contribution in [0.4, 0.5) is 0 Å². The number of hydrogen-bond acceptors (Lipinski definition) is 4. The van der Waals surface area contributed by atoms with E-state index in [4.69, 9.17) is 0 Å². The summed E-state index contributed by atoms with van der Waals surface area (Å²) in [5, 5.41) is 5.41. The number of hydrogen-bond donors (Lipinski definition) is 1. The first kappa shape index (κ1) is 20.8. The molecule has 0 aliphatic carbocycles. The molecule has 4 rings (SSSR count). The molecule has 1 atom stereocenters. The third-order valence-electron chi connectivity index (χ3n) is 5.85. The van der Waals surface area contributed by atoms with Crippen LogP contribution in [0.15, 0.2) is 78.2 Å². The molecule has 1 N–H and O–H groups in total. The molecule has 1 aliphatic rings. The van der Waals surface area contributed by atoms with Crippen molar-refractivity contribution in [1.29, 1.82) is 0 Å². The lowest BCUT2D eigenvalue weighted by Gasteiger charge is -2.37. The van der Waals surface area contributed by atoms with Gasteiger partial charge in [-0.3, -0.25) is 9.69 Å². The van der Waals surface area contributed by atoms with E-state index in [9.17, 15) is 4.79 Å². The standard InChI is InChI=1S/C25H29N3OS/c1-27-14-16-28(17-15-27)22(23-13-8-18-30-23)19-26-25(29)24(20-9-4-2-5-10-20)21-11-6-3-7-12-21/h2-13,18,22,24H,14-17,19H2,1H3,(H,26,29). The van der Waals surface area contributed by atoms with Crippen LogP contribution in [0.25, 0.3) is 0 Å². The number of nitrogens with zero attached hydrogens (tertiary/aromatic N) is 2.